The fraction of sp³-hybridized carbons (Fsp3) is 0.0833. The second-order valence-corrected chi connectivity index (χ2v) is 5.28. The molecule has 8 heteroatoms. The van der Waals surface area contributed by atoms with Crippen molar-refractivity contribution in [2.75, 3.05) is 10.7 Å². The Labute approximate surface area is 128 Å². The predicted molar refractivity (Wildman–Crippen MR) is 81.7 cm³/mol. The smallest absolute Gasteiger partial charge is 0.257 e. The van der Waals surface area contributed by atoms with Gasteiger partial charge in [0, 0.05) is 16.2 Å². The first-order chi connectivity index (χ1) is 9.49. The summed E-state index contributed by atoms with van der Waals surface area (Å²) in [7, 11) is 0. The molecule has 0 aliphatic heterocycles. The number of pyridine rings is 2. The van der Waals surface area contributed by atoms with Crippen molar-refractivity contribution in [3.8, 4) is 0 Å². The van der Waals surface area contributed by atoms with E-state index in [-0.39, 0.29) is 11.1 Å². The Morgan fingerprint density at radius 1 is 1.40 bits per heavy atom. The molecule has 0 spiro atoms. The highest BCUT2D eigenvalue weighted by Gasteiger charge is 2.11. The molecular formula is C12H11BrClN5O. The maximum atomic E-state index is 12.2. The van der Waals surface area contributed by atoms with Crippen LogP contribution in [0.1, 0.15) is 15.9 Å². The summed E-state index contributed by atoms with van der Waals surface area (Å²) in [5, 5.41) is 2.88. The first-order valence-electron chi connectivity index (χ1n) is 5.57. The van der Waals surface area contributed by atoms with Gasteiger partial charge in [-0.2, -0.15) is 0 Å². The van der Waals surface area contributed by atoms with E-state index in [9.17, 15) is 4.79 Å². The quantitative estimate of drug-likeness (QED) is 0.447. The molecule has 0 radical (unpaired) electrons. The van der Waals surface area contributed by atoms with Crippen molar-refractivity contribution in [3.63, 3.8) is 0 Å². The number of hydrazine groups is 1. The highest BCUT2D eigenvalue weighted by Crippen LogP contribution is 2.19. The maximum Gasteiger partial charge on any atom is 0.257 e. The van der Waals surface area contributed by atoms with Crippen molar-refractivity contribution >= 4 is 45.1 Å². The predicted octanol–water partition coefficient (Wildman–Crippen LogP) is 2.74. The van der Waals surface area contributed by atoms with Crippen molar-refractivity contribution < 1.29 is 4.79 Å². The van der Waals surface area contributed by atoms with Crippen LogP contribution in [0.3, 0.4) is 0 Å². The topological polar surface area (TPSA) is 92.9 Å². The molecule has 2 aromatic rings. The Morgan fingerprint density at radius 3 is 2.80 bits per heavy atom. The Bertz CT molecular complexity index is 664. The number of halogens is 2. The summed E-state index contributed by atoms with van der Waals surface area (Å²) >= 11 is 9.13. The zero-order valence-corrected chi connectivity index (χ0v) is 12.8. The highest BCUT2D eigenvalue weighted by molar-refractivity contribution is 9.10. The summed E-state index contributed by atoms with van der Waals surface area (Å²) in [6.07, 6.45) is 1.61. The van der Waals surface area contributed by atoms with Gasteiger partial charge in [0.25, 0.3) is 5.91 Å². The summed E-state index contributed by atoms with van der Waals surface area (Å²) in [6.45, 7) is 1.85. The van der Waals surface area contributed by atoms with Crippen LogP contribution in [0.25, 0.3) is 0 Å². The molecule has 0 atom stereocenters. The van der Waals surface area contributed by atoms with Crippen LogP contribution >= 0.6 is 27.5 Å². The second kappa shape index (κ2) is 6.17. The number of aryl methyl sites for hydroxylation is 1. The summed E-state index contributed by atoms with van der Waals surface area (Å²) < 4.78 is 0.842. The summed E-state index contributed by atoms with van der Waals surface area (Å²) in [4.78, 5) is 20.2. The zero-order chi connectivity index (χ0) is 14.7. The third-order valence-electron chi connectivity index (χ3n) is 2.48. The molecule has 4 N–H and O–H groups in total. The largest absolute Gasteiger partial charge is 0.308 e. The Balaban J connectivity index is 2.26. The molecule has 0 aliphatic rings. The van der Waals surface area contributed by atoms with Crippen LogP contribution in [-0.2, 0) is 0 Å². The van der Waals surface area contributed by atoms with Gasteiger partial charge in [-0.1, -0.05) is 11.6 Å². The lowest BCUT2D eigenvalue weighted by Crippen LogP contribution is -2.16. The van der Waals surface area contributed by atoms with Gasteiger partial charge in [-0.15, -0.1) is 0 Å². The van der Waals surface area contributed by atoms with E-state index in [1.54, 1.807) is 6.20 Å². The lowest BCUT2D eigenvalue weighted by Gasteiger charge is -2.09. The monoisotopic (exact) mass is 355 g/mol. The van der Waals surface area contributed by atoms with E-state index in [1.807, 2.05) is 13.0 Å². The minimum Gasteiger partial charge on any atom is -0.308 e. The van der Waals surface area contributed by atoms with Crippen molar-refractivity contribution in [2.45, 2.75) is 6.92 Å². The van der Waals surface area contributed by atoms with Crippen molar-refractivity contribution in [3.05, 3.63) is 45.1 Å². The lowest BCUT2D eigenvalue weighted by atomic mass is 10.2. The minimum absolute atomic E-state index is 0.172. The van der Waals surface area contributed by atoms with Crippen molar-refractivity contribution in [2.24, 2.45) is 5.84 Å². The van der Waals surface area contributed by atoms with Gasteiger partial charge in [0.1, 0.15) is 16.8 Å². The minimum atomic E-state index is -0.344. The first kappa shape index (κ1) is 14.7. The van der Waals surface area contributed by atoms with Crippen LogP contribution in [0.5, 0.6) is 0 Å². The molecule has 20 heavy (non-hydrogen) atoms. The summed E-state index contributed by atoms with van der Waals surface area (Å²) in [6, 6.07) is 4.80. The van der Waals surface area contributed by atoms with Crippen molar-refractivity contribution in [1.82, 2.24) is 9.97 Å². The lowest BCUT2D eigenvalue weighted by molar-refractivity contribution is 0.102. The average molecular weight is 357 g/mol. The van der Waals surface area contributed by atoms with Crippen LogP contribution in [0.15, 0.2) is 28.9 Å². The molecule has 2 aromatic heterocycles. The van der Waals surface area contributed by atoms with Gasteiger partial charge < -0.3 is 10.7 Å². The number of rotatable bonds is 3. The standard InChI is InChI=1S/C12H11BrClN5O/c1-6-2-8(13)5-16-11(6)18-12(20)7-3-9(14)17-10(4-7)19-15/h2-5H,15H2,1H3,(H,17,19)(H,16,18,20). The fourth-order valence-corrected chi connectivity index (χ4v) is 2.21. The highest BCUT2D eigenvalue weighted by atomic mass is 79.9. The number of nitrogens with two attached hydrogens (primary N) is 1. The number of hydrogen-bond donors (Lipinski definition) is 3. The Hall–Kier alpha value is -1.70. The van der Waals surface area contributed by atoms with E-state index in [0.29, 0.717) is 17.2 Å². The molecule has 1 amide bonds. The number of amides is 1. The number of carbonyl (C=O) groups excluding carboxylic acids is 1. The van der Waals surface area contributed by atoms with Crippen LogP contribution < -0.4 is 16.6 Å². The van der Waals surface area contributed by atoms with Crippen LogP contribution in [0.2, 0.25) is 5.15 Å². The number of hydrogen-bond acceptors (Lipinski definition) is 5. The van der Waals surface area contributed by atoms with Gasteiger partial charge in [0.15, 0.2) is 0 Å². The van der Waals surface area contributed by atoms with Crippen LogP contribution in [0.4, 0.5) is 11.6 Å². The molecule has 0 aromatic carbocycles. The molecule has 2 heterocycles. The molecule has 0 fully saturated rings. The molecule has 0 unspecified atom stereocenters. The molecule has 0 saturated carbocycles. The van der Waals surface area contributed by atoms with Gasteiger partial charge in [0.2, 0.25) is 0 Å². The third kappa shape index (κ3) is 3.44. The molecular weight excluding hydrogens is 346 g/mol. The molecule has 2 rings (SSSR count). The van der Waals surface area contributed by atoms with E-state index in [2.05, 4.69) is 36.6 Å². The zero-order valence-electron chi connectivity index (χ0n) is 10.4. The van der Waals surface area contributed by atoms with E-state index in [0.717, 1.165) is 10.0 Å². The van der Waals surface area contributed by atoms with Gasteiger partial charge in [-0.25, -0.2) is 15.8 Å². The van der Waals surface area contributed by atoms with E-state index in [1.165, 1.54) is 12.1 Å². The number of nitrogens with zero attached hydrogens (tertiary/aromatic N) is 2. The van der Waals surface area contributed by atoms with Crippen LogP contribution in [-0.4, -0.2) is 15.9 Å². The molecule has 0 aliphatic carbocycles. The van der Waals surface area contributed by atoms with E-state index in [4.69, 9.17) is 17.4 Å². The SMILES string of the molecule is Cc1cc(Br)cnc1NC(=O)c1cc(Cl)nc(NN)c1. The number of anilines is 2. The Kier molecular flexibility index (Phi) is 4.53. The number of nitrogens with one attached hydrogen (secondary N) is 2. The van der Waals surface area contributed by atoms with Gasteiger partial charge >= 0.3 is 0 Å². The first-order valence-corrected chi connectivity index (χ1v) is 6.74. The number of nitrogen functional groups attached to an aromatic ring is 1. The van der Waals surface area contributed by atoms with E-state index < -0.39 is 0 Å². The number of carbonyl (C=O) groups is 1. The van der Waals surface area contributed by atoms with Crippen LogP contribution in [0, 0.1) is 6.92 Å². The number of aromatic nitrogens is 2. The van der Waals surface area contributed by atoms with E-state index >= 15 is 0 Å². The summed E-state index contributed by atoms with van der Waals surface area (Å²) in [5.74, 6) is 5.71. The Morgan fingerprint density at radius 2 is 2.15 bits per heavy atom. The van der Waals surface area contributed by atoms with Gasteiger partial charge in [0.05, 0.1) is 0 Å². The molecule has 104 valence electrons. The fourth-order valence-electron chi connectivity index (χ4n) is 1.55. The van der Waals surface area contributed by atoms with Gasteiger partial charge in [-0.3, -0.25) is 4.79 Å². The van der Waals surface area contributed by atoms with Crippen molar-refractivity contribution in [1.29, 1.82) is 0 Å². The normalized spacial score (nSPS) is 10.2. The van der Waals surface area contributed by atoms with Gasteiger partial charge in [-0.05, 0) is 46.6 Å². The maximum absolute atomic E-state index is 12.2. The molecule has 6 nitrogen and oxygen atoms in total. The average Bonchev–Trinajstić information content (AvgIpc) is 2.41. The summed E-state index contributed by atoms with van der Waals surface area (Å²) in [5.41, 5.74) is 3.52. The molecule has 0 bridgehead atoms. The third-order valence-corrected chi connectivity index (χ3v) is 3.11. The molecule has 0 saturated heterocycles. The second-order valence-electron chi connectivity index (χ2n) is 3.98.